The second-order valence-corrected chi connectivity index (χ2v) is 5.76. The van der Waals surface area contributed by atoms with E-state index in [0.29, 0.717) is 28.4 Å². The first-order chi connectivity index (χ1) is 14.2. The van der Waals surface area contributed by atoms with Crippen molar-refractivity contribution in [3.8, 4) is 34.7 Å². The molecule has 0 fully saturated rings. The summed E-state index contributed by atoms with van der Waals surface area (Å²) < 4.78 is 45.4. The lowest BCUT2D eigenvalue weighted by molar-refractivity contribution is -0.0498. The van der Waals surface area contributed by atoms with E-state index in [4.69, 9.17) is 13.3 Å². The van der Waals surface area contributed by atoms with Crippen LogP contribution in [0.5, 0.6) is 5.75 Å². The van der Waals surface area contributed by atoms with Crippen molar-refractivity contribution < 1.29 is 26.8 Å². The molecule has 8 heteroatoms. The standard InChI is InChI=1S/C21H12F2N2O4/c22-21(23)28-14-7-5-13(6-8-14)12-25-20-15(11-24)18(16-3-1-9-26-16)19(29-20)17-4-2-10-27-17/h1-10,12,21H/b25-12+. The monoisotopic (exact) mass is 394 g/mol. The maximum absolute atomic E-state index is 12.2. The van der Waals surface area contributed by atoms with Crippen LogP contribution < -0.4 is 4.74 Å². The van der Waals surface area contributed by atoms with Gasteiger partial charge >= 0.3 is 6.61 Å². The number of ether oxygens (including phenoxy) is 1. The lowest BCUT2D eigenvalue weighted by Crippen LogP contribution is -2.01. The molecule has 3 aromatic heterocycles. The fraction of sp³-hybridized carbons (Fsp3) is 0.0476. The van der Waals surface area contributed by atoms with E-state index < -0.39 is 6.61 Å². The molecule has 144 valence electrons. The Balaban J connectivity index is 1.72. The summed E-state index contributed by atoms with van der Waals surface area (Å²) >= 11 is 0. The zero-order chi connectivity index (χ0) is 20.2. The van der Waals surface area contributed by atoms with Crippen molar-refractivity contribution >= 4 is 12.1 Å². The van der Waals surface area contributed by atoms with Crippen LogP contribution in [0.1, 0.15) is 11.1 Å². The van der Waals surface area contributed by atoms with Crippen LogP contribution in [0.4, 0.5) is 14.7 Å². The van der Waals surface area contributed by atoms with E-state index in [0.717, 1.165) is 0 Å². The van der Waals surface area contributed by atoms with Gasteiger partial charge in [-0.25, -0.2) is 4.99 Å². The summed E-state index contributed by atoms with van der Waals surface area (Å²) in [5, 5.41) is 9.68. The van der Waals surface area contributed by atoms with Crippen LogP contribution in [0.25, 0.3) is 22.8 Å². The van der Waals surface area contributed by atoms with Crippen LogP contribution in [0.15, 0.2) is 79.3 Å². The summed E-state index contributed by atoms with van der Waals surface area (Å²) in [6, 6.07) is 14.8. The second-order valence-electron chi connectivity index (χ2n) is 5.76. The number of aliphatic imine (C=N–C) groups is 1. The third-order valence-electron chi connectivity index (χ3n) is 3.95. The van der Waals surface area contributed by atoms with Crippen molar-refractivity contribution in [2.45, 2.75) is 6.61 Å². The predicted molar refractivity (Wildman–Crippen MR) is 99.2 cm³/mol. The minimum absolute atomic E-state index is 0.0353. The quantitative estimate of drug-likeness (QED) is 0.373. The van der Waals surface area contributed by atoms with Crippen molar-refractivity contribution in [3.05, 3.63) is 72.2 Å². The number of furan rings is 3. The van der Waals surface area contributed by atoms with Gasteiger partial charge in [-0.15, -0.1) is 0 Å². The van der Waals surface area contributed by atoms with Crippen molar-refractivity contribution in [1.82, 2.24) is 0 Å². The Bertz CT molecular complexity index is 1150. The van der Waals surface area contributed by atoms with Gasteiger partial charge < -0.3 is 18.0 Å². The average molecular weight is 394 g/mol. The molecule has 0 unspecified atom stereocenters. The molecule has 29 heavy (non-hydrogen) atoms. The molecule has 0 amide bonds. The Kier molecular flexibility index (Phi) is 4.95. The molecule has 0 spiro atoms. The molecule has 4 rings (SSSR count). The summed E-state index contributed by atoms with van der Waals surface area (Å²) in [7, 11) is 0. The van der Waals surface area contributed by atoms with Gasteiger partial charge in [-0.05, 0) is 54.1 Å². The van der Waals surface area contributed by atoms with E-state index in [9.17, 15) is 14.0 Å². The van der Waals surface area contributed by atoms with Gasteiger partial charge in [-0.3, -0.25) is 0 Å². The highest BCUT2D eigenvalue weighted by molar-refractivity contribution is 5.87. The smallest absolute Gasteiger partial charge is 0.387 e. The molecule has 0 saturated carbocycles. The molecular weight excluding hydrogens is 382 g/mol. The molecule has 0 aliphatic rings. The van der Waals surface area contributed by atoms with Crippen LogP contribution in [-0.2, 0) is 0 Å². The lowest BCUT2D eigenvalue weighted by Gasteiger charge is -2.03. The van der Waals surface area contributed by atoms with Gasteiger partial charge in [0.1, 0.15) is 23.1 Å². The normalized spacial score (nSPS) is 11.2. The molecule has 0 N–H and O–H groups in total. The number of benzene rings is 1. The molecule has 1 aromatic carbocycles. The van der Waals surface area contributed by atoms with E-state index in [-0.39, 0.29) is 17.2 Å². The number of halogens is 2. The lowest BCUT2D eigenvalue weighted by atomic mass is 10.1. The minimum atomic E-state index is -2.89. The van der Waals surface area contributed by atoms with Crippen molar-refractivity contribution in [1.29, 1.82) is 5.26 Å². The first kappa shape index (κ1) is 18.3. The number of alkyl halides is 2. The number of hydrogen-bond donors (Lipinski definition) is 0. The highest BCUT2D eigenvalue weighted by atomic mass is 19.3. The van der Waals surface area contributed by atoms with Gasteiger partial charge in [0.25, 0.3) is 0 Å². The zero-order valence-corrected chi connectivity index (χ0v) is 14.7. The molecule has 0 aliphatic heterocycles. The van der Waals surface area contributed by atoms with E-state index in [1.165, 1.54) is 30.9 Å². The maximum Gasteiger partial charge on any atom is 0.387 e. The zero-order valence-electron chi connectivity index (χ0n) is 14.7. The van der Waals surface area contributed by atoms with Crippen molar-refractivity contribution in [2.75, 3.05) is 0 Å². The Morgan fingerprint density at radius 1 is 1.00 bits per heavy atom. The summed E-state index contributed by atoms with van der Waals surface area (Å²) in [5.74, 6) is 1.27. The van der Waals surface area contributed by atoms with Crippen LogP contribution in [0, 0.1) is 11.3 Å². The number of nitriles is 1. The highest BCUT2D eigenvalue weighted by Gasteiger charge is 2.25. The molecule has 0 saturated heterocycles. The molecule has 0 radical (unpaired) electrons. The van der Waals surface area contributed by atoms with Gasteiger partial charge in [0.05, 0.1) is 18.1 Å². The van der Waals surface area contributed by atoms with Crippen molar-refractivity contribution in [2.24, 2.45) is 4.99 Å². The first-order valence-corrected chi connectivity index (χ1v) is 8.39. The van der Waals surface area contributed by atoms with Crippen LogP contribution in [-0.4, -0.2) is 12.8 Å². The van der Waals surface area contributed by atoms with Crippen LogP contribution in [0.3, 0.4) is 0 Å². The van der Waals surface area contributed by atoms with E-state index in [1.54, 1.807) is 36.4 Å². The van der Waals surface area contributed by atoms with Gasteiger partial charge in [-0.2, -0.15) is 14.0 Å². The third kappa shape index (κ3) is 3.80. The molecule has 0 atom stereocenters. The van der Waals surface area contributed by atoms with E-state index >= 15 is 0 Å². The highest BCUT2D eigenvalue weighted by Crippen LogP contribution is 2.42. The average Bonchev–Trinajstić information content (AvgIpc) is 3.46. The summed E-state index contributed by atoms with van der Waals surface area (Å²) in [6.45, 7) is -2.89. The van der Waals surface area contributed by atoms with Crippen molar-refractivity contribution in [3.63, 3.8) is 0 Å². The predicted octanol–water partition coefficient (Wildman–Crippen LogP) is 6.02. The summed E-state index contributed by atoms with van der Waals surface area (Å²) in [6.07, 6.45) is 4.42. The molecule has 4 aromatic rings. The SMILES string of the molecule is N#Cc1c(/N=C/c2ccc(OC(F)F)cc2)oc(-c2ccco2)c1-c1ccco1. The van der Waals surface area contributed by atoms with Gasteiger partial charge in [0, 0.05) is 6.21 Å². The maximum atomic E-state index is 12.2. The minimum Gasteiger partial charge on any atom is -0.464 e. The summed E-state index contributed by atoms with van der Waals surface area (Å²) in [5.41, 5.74) is 1.21. The van der Waals surface area contributed by atoms with E-state index in [2.05, 4.69) is 15.8 Å². The number of nitrogens with zero attached hydrogens (tertiary/aromatic N) is 2. The number of rotatable bonds is 6. The molecular formula is C21H12F2N2O4. The fourth-order valence-electron chi connectivity index (χ4n) is 2.72. The molecule has 6 nitrogen and oxygen atoms in total. The number of hydrogen-bond acceptors (Lipinski definition) is 6. The second kappa shape index (κ2) is 7.86. The Hall–Kier alpha value is -4.12. The molecule has 3 heterocycles. The largest absolute Gasteiger partial charge is 0.464 e. The fourth-order valence-corrected chi connectivity index (χ4v) is 2.72. The molecule has 0 bridgehead atoms. The van der Waals surface area contributed by atoms with Gasteiger partial charge in [0.2, 0.25) is 5.88 Å². The van der Waals surface area contributed by atoms with Gasteiger partial charge in [-0.1, -0.05) is 0 Å². The Morgan fingerprint density at radius 3 is 2.28 bits per heavy atom. The first-order valence-electron chi connectivity index (χ1n) is 8.39. The Morgan fingerprint density at radius 2 is 1.69 bits per heavy atom. The van der Waals surface area contributed by atoms with E-state index in [1.807, 2.05) is 0 Å². The topological polar surface area (TPSA) is 84.8 Å². The Labute approximate surface area is 163 Å². The molecule has 0 aliphatic carbocycles. The van der Waals surface area contributed by atoms with Crippen LogP contribution in [0.2, 0.25) is 0 Å². The third-order valence-corrected chi connectivity index (χ3v) is 3.95. The summed E-state index contributed by atoms with van der Waals surface area (Å²) in [4.78, 5) is 4.25. The van der Waals surface area contributed by atoms with Crippen LogP contribution >= 0.6 is 0 Å². The van der Waals surface area contributed by atoms with Gasteiger partial charge in [0.15, 0.2) is 11.5 Å².